The first-order chi connectivity index (χ1) is 11.7. The van der Waals surface area contributed by atoms with Gasteiger partial charge in [-0.15, -0.1) is 0 Å². The first-order valence-electron chi connectivity index (χ1n) is 8.43. The summed E-state index contributed by atoms with van der Waals surface area (Å²) in [6.07, 6.45) is 2.18. The number of benzene rings is 2. The Labute approximate surface area is 141 Å². The summed E-state index contributed by atoms with van der Waals surface area (Å²) < 4.78 is 6.25. The molecule has 24 heavy (non-hydrogen) atoms. The minimum atomic E-state index is -0.880. The van der Waals surface area contributed by atoms with E-state index >= 15 is 0 Å². The summed E-state index contributed by atoms with van der Waals surface area (Å²) in [4.78, 5) is 13.4. The maximum atomic E-state index is 11.0. The zero-order valence-electron chi connectivity index (χ0n) is 13.6. The molecule has 1 spiro atoms. The maximum Gasteiger partial charge on any atom is 0.335 e. The summed E-state index contributed by atoms with van der Waals surface area (Å²) in [7, 11) is 0. The Morgan fingerprint density at radius 1 is 1.17 bits per heavy atom. The first kappa shape index (κ1) is 15.4. The number of fused-ring (bicyclic) bond motifs is 2. The molecule has 4 heteroatoms. The van der Waals surface area contributed by atoms with E-state index in [-0.39, 0.29) is 5.60 Å². The Kier molecular flexibility index (Phi) is 3.87. The standard InChI is InChI=1S/C20H21NO3/c22-19(23)16-8-6-15(7-9-16)12-21-11-3-10-20(14-21)18-5-2-1-4-17(18)13-24-20/h1-2,4-9H,3,10-14H2,(H,22,23). The van der Waals surface area contributed by atoms with E-state index in [0.717, 1.165) is 38.0 Å². The van der Waals surface area contributed by atoms with E-state index < -0.39 is 5.97 Å². The van der Waals surface area contributed by atoms with Gasteiger partial charge < -0.3 is 9.84 Å². The molecule has 0 aromatic heterocycles. The Morgan fingerprint density at radius 2 is 1.96 bits per heavy atom. The van der Waals surface area contributed by atoms with Crippen molar-refractivity contribution in [3.8, 4) is 0 Å². The van der Waals surface area contributed by atoms with Crippen LogP contribution in [0.3, 0.4) is 0 Å². The molecule has 2 aliphatic rings. The van der Waals surface area contributed by atoms with Crippen LogP contribution >= 0.6 is 0 Å². The fourth-order valence-corrected chi connectivity index (χ4v) is 3.98. The molecular weight excluding hydrogens is 302 g/mol. The molecule has 0 amide bonds. The Balaban J connectivity index is 1.51. The lowest BCUT2D eigenvalue weighted by Gasteiger charge is -2.40. The molecule has 2 heterocycles. The highest BCUT2D eigenvalue weighted by Crippen LogP contribution is 2.42. The van der Waals surface area contributed by atoms with Gasteiger partial charge in [0.05, 0.1) is 12.2 Å². The molecule has 1 fully saturated rings. The van der Waals surface area contributed by atoms with E-state index in [0.29, 0.717) is 12.2 Å². The highest BCUT2D eigenvalue weighted by Gasteiger charge is 2.43. The van der Waals surface area contributed by atoms with Crippen molar-refractivity contribution in [2.45, 2.75) is 31.6 Å². The van der Waals surface area contributed by atoms with E-state index in [1.165, 1.54) is 11.1 Å². The fourth-order valence-electron chi connectivity index (χ4n) is 3.98. The van der Waals surface area contributed by atoms with Gasteiger partial charge in [-0.25, -0.2) is 4.79 Å². The van der Waals surface area contributed by atoms with Gasteiger partial charge in [-0.05, 0) is 48.2 Å². The average molecular weight is 323 g/mol. The van der Waals surface area contributed by atoms with Crippen LogP contribution < -0.4 is 0 Å². The summed E-state index contributed by atoms with van der Waals surface area (Å²) in [5.41, 5.74) is 3.96. The van der Waals surface area contributed by atoms with Gasteiger partial charge in [0.2, 0.25) is 0 Å². The number of hydrogen-bond acceptors (Lipinski definition) is 3. The highest BCUT2D eigenvalue weighted by atomic mass is 16.5. The number of ether oxygens (including phenoxy) is 1. The monoisotopic (exact) mass is 323 g/mol. The van der Waals surface area contributed by atoms with Crippen molar-refractivity contribution in [2.75, 3.05) is 13.1 Å². The molecule has 2 aliphatic heterocycles. The lowest BCUT2D eigenvalue weighted by atomic mass is 9.85. The van der Waals surface area contributed by atoms with E-state index in [1.807, 2.05) is 12.1 Å². The summed E-state index contributed by atoms with van der Waals surface area (Å²) in [6.45, 7) is 3.48. The normalized spacial score (nSPS) is 23.3. The van der Waals surface area contributed by atoms with E-state index in [4.69, 9.17) is 9.84 Å². The Morgan fingerprint density at radius 3 is 2.75 bits per heavy atom. The van der Waals surface area contributed by atoms with Crippen LogP contribution in [0.4, 0.5) is 0 Å². The third-order valence-electron chi connectivity index (χ3n) is 5.15. The van der Waals surface area contributed by atoms with Gasteiger partial charge >= 0.3 is 5.97 Å². The summed E-state index contributed by atoms with van der Waals surface area (Å²) in [5.74, 6) is -0.880. The molecule has 1 atom stereocenters. The molecule has 4 rings (SSSR count). The van der Waals surface area contributed by atoms with Crippen molar-refractivity contribution < 1.29 is 14.6 Å². The molecule has 1 unspecified atom stereocenters. The van der Waals surface area contributed by atoms with Gasteiger partial charge in [-0.3, -0.25) is 4.90 Å². The molecule has 0 bridgehead atoms. The van der Waals surface area contributed by atoms with Crippen LogP contribution in [0, 0.1) is 0 Å². The molecule has 2 aromatic carbocycles. The number of likely N-dealkylation sites (tertiary alicyclic amines) is 1. The second-order valence-corrected chi connectivity index (χ2v) is 6.76. The van der Waals surface area contributed by atoms with Crippen LogP contribution in [0.25, 0.3) is 0 Å². The van der Waals surface area contributed by atoms with Gasteiger partial charge in [0.15, 0.2) is 0 Å². The molecule has 0 saturated carbocycles. The lowest BCUT2D eigenvalue weighted by Crippen LogP contribution is -2.45. The third kappa shape index (κ3) is 2.72. The number of nitrogens with zero attached hydrogens (tertiary/aromatic N) is 1. The van der Waals surface area contributed by atoms with E-state index in [9.17, 15) is 4.79 Å². The molecular formula is C20H21NO3. The number of carbonyl (C=O) groups is 1. The average Bonchev–Trinajstić information content (AvgIpc) is 2.94. The van der Waals surface area contributed by atoms with Crippen LogP contribution in [0.15, 0.2) is 48.5 Å². The summed E-state index contributed by atoms with van der Waals surface area (Å²) in [6, 6.07) is 15.7. The molecule has 1 N–H and O–H groups in total. The van der Waals surface area contributed by atoms with Gasteiger partial charge in [0.25, 0.3) is 0 Å². The number of carboxylic acids is 1. The van der Waals surface area contributed by atoms with Crippen LogP contribution in [0.2, 0.25) is 0 Å². The van der Waals surface area contributed by atoms with E-state index in [2.05, 4.69) is 29.2 Å². The molecule has 4 nitrogen and oxygen atoms in total. The van der Waals surface area contributed by atoms with Crippen LogP contribution in [0.1, 0.15) is 39.9 Å². The van der Waals surface area contributed by atoms with Crippen molar-refractivity contribution in [2.24, 2.45) is 0 Å². The molecule has 0 aliphatic carbocycles. The van der Waals surface area contributed by atoms with Crippen LogP contribution in [-0.2, 0) is 23.5 Å². The smallest absolute Gasteiger partial charge is 0.335 e. The first-order valence-corrected chi connectivity index (χ1v) is 8.43. The van der Waals surface area contributed by atoms with E-state index in [1.54, 1.807) is 12.1 Å². The molecule has 2 aromatic rings. The number of piperidine rings is 1. The zero-order chi connectivity index (χ0) is 16.6. The summed E-state index contributed by atoms with van der Waals surface area (Å²) >= 11 is 0. The zero-order valence-corrected chi connectivity index (χ0v) is 13.6. The second kappa shape index (κ2) is 6.04. The van der Waals surface area contributed by atoms with Crippen molar-refractivity contribution in [3.05, 3.63) is 70.8 Å². The molecule has 1 saturated heterocycles. The van der Waals surface area contributed by atoms with Crippen molar-refractivity contribution in [1.82, 2.24) is 4.90 Å². The topological polar surface area (TPSA) is 49.8 Å². The van der Waals surface area contributed by atoms with Crippen molar-refractivity contribution in [3.63, 3.8) is 0 Å². The van der Waals surface area contributed by atoms with Crippen LogP contribution in [-0.4, -0.2) is 29.1 Å². The number of aromatic carboxylic acids is 1. The van der Waals surface area contributed by atoms with Crippen molar-refractivity contribution >= 4 is 5.97 Å². The largest absolute Gasteiger partial charge is 0.478 e. The fraction of sp³-hybridized carbons (Fsp3) is 0.350. The van der Waals surface area contributed by atoms with Crippen LogP contribution in [0.5, 0.6) is 0 Å². The quantitative estimate of drug-likeness (QED) is 0.940. The third-order valence-corrected chi connectivity index (χ3v) is 5.15. The lowest BCUT2D eigenvalue weighted by molar-refractivity contribution is -0.0871. The highest BCUT2D eigenvalue weighted by molar-refractivity contribution is 5.87. The predicted octanol–water partition coefficient (Wildman–Crippen LogP) is 3.41. The Bertz CT molecular complexity index is 752. The summed E-state index contributed by atoms with van der Waals surface area (Å²) in [5, 5.41) is 9.00. The number of rotatable bonds is 3. The SMILES string of the molecule is O=C(O)c1ccc(CN2CCCC3(C2)OCc2ccccc23)cc1. The number of hydrogen-bond donors (Lipinski definition) is 1. The van der Waals surface area contributed by atoms with Crippen molar-refractivity contribution in [1.29, 1.82) is 0 Å². The van der Waals surface area contributed by atoms with Gasteiger partial charge in [0.1, 0.15) is 5.60 Å². The minimum absolute atomic E-state index is 0.171. The number of carboxylic acid groups (broad SMARTS) is 1. The molecule has 0 radical (unpaired) electrons. The minimum Gasteiger partial charge on any atom is -0.478 e. The molecule has 124 valence electrons. The maximum absolute atomic E-state index is 11.0. The van der Waals surface area contributed by atoms with Gasteiger partial charge in [-0.2, -0.15) is 0 Å². The van der Waals surface area contributed by atoms with Gasteiger partial charge in [-0.1, -0.05) is 36.4 Å². The predicted molar refractivity (Wildman–Crippen MR) is 90.8 cm³/mol. The Hall–Kier alpha value is -2.17. The second-order valence-electron chi connectivity index (χ2n) is 6.76. The van der Waals surface area contributed by atoms with Gasteiger partial charge in [0, 0.05) is 13.1 Å².